The average Bonchev–Trinajstić information content (AvgIpc) is 2.18. The highest BCUT2D eigenvalue weighted by Gasteiger charge is 2.12. The lowest BCUT2D eigenvalue weighted by molar-refractivity contribution is -0.138. The first-order valence-corrected chi connectivity index (χ1v) is 4.72. The van der Waals surface area contributed by atoms with E-state index in [1.54, 1.807) is 24.3 Å². The Morgan fingerprint density at radius 1 is 1.60 bits per heavy atom. The molecule has 0 spiro atoms. The van der Waals surface area contributed by atoms with Crippen molar-refractivity contribution in [2.75, 3.05) is 0 Å². The van der Waals surface area contributed by atoms with E-state index < -0.39 is 18.2 Å². The first kappa shape index (κ1) is 11.7. The van der Waals surface area contributed by atoms with Crippen molar-refractivity contribution in [3.63, 3.8) is 0 Å². The molecule has 0 aliphatic heterocycles. The zero-order valence-corrected chi connectivity index (χ0v) is 8.48. The van der Waals surface area contributed by atoms with E-state index in [0.29, 0.717) is 5.56 Å². The maximum Gasteiger partial charge on any atom is 0.320 e. The van der Waals surface area contributed by atoms with Crippen molar-refractivity contribution in [1.29, 1.82) is 0 Å². The van der Waals surface area contributed by atoms with Gasteiger partial charge in [0, 0.05) is 0 Å². The minimum absolute atomic E-state index is 0.218. The summed E-state index contributed by atoms with van der Waals surface area (Å²) in [4.78, 5) is 10.5. The van der Waals surface area contributed by atoms with Gasteiger partial charge in [-0.3, -0.25) is 4.79 Å². The Hall–Kier alpha value is -1.42. The predicted octanol–water partition coefficient (Wildman–Crippen LogP) is 1.67. The molecule has 1 aromatic rings. The van der Waals surface area contributed by atoms with Crippen molar-refractivity contribution in [2.45, 2.75) is 25.6 Å². The molecule has 0 aliphatic carbocycles. The second-order valence-electron chi connectivity index (χ2n) is 3.51. The lowest BCUT2D eigenvalue weighted by atomic mass is 10.0. The Morgan fingerprint density at radius 3 is 2.80 bits per heavy atom. The fourth-order valence-corrected chi connectivity index (χ4v) is 1.31. The van der Waals surface area contributed by atoms with Crippen LogP contribution in [0, 0.1) is 0 Å². The van der Waals surface area contributed by atoms with E-state index >= 15 is 0 Å². The number of carboxylic acid groups (broad SMARTS) is 1. The Morgan fingerprint density at radius 2 is 2.27 bits per heavy atom. The maximum atomic E-state index is 13.0. The monoisotopic (exact) mass is 211 g/mol. The highest BCUT2D eigenvalue weighted by atomic mass is 19.1. The highest BCUT2D eigenvalue weighted by Crippen LogP contribution is 2.17. The highest BCUT2D eigenvalue weighted by molar-refractivity contribution is 5.73. The molecule has 0 aromatic heterocycles. The minimum atomic E-state index is -1.05. The Kier molecular flexibility index (Phi) is 3.80. The molecular weight excluding hydrogens is 197 g/mol. The first-order valence-electron chi connectivity index (χ1n) is 4.72. The lowest BCUT2D eigenvalue weighted by Crippen LogP contribution is -2.32. The summed E-state index contributed by atoms with van der Waals surface area (Å²) in [5.74, 6) is -1.05. The van der Waals surface area contributed by atoms with Gasteiger partial charge in [0.1, 0.15) is 12.2 Å². The zero-order valence-electron chi connectivity index (χ0n) is 8.48. The van der Waals surface area contributed by atoms with Crippen LogP contribution in [0.2, 0.25) is 0 Å². The predicted molar refractivity (Wildman–Crippen MR) is 55.3 cm³/mol. The molecule has 3 N–H and O–H groups in total. The van der Waals surface area contributed by atoms with Crippen LogP contribution in [0.1, 0.15) is 24.2 Å². The third-order valence-electron chi connectivity index (χ3n) is 2.18. The lowest BCUT2D eigenvalue weighted by Gasteiger charge is -2.08. The van der Waals surface area contributed by atoms with Crippen LogP contribution < -0.4 is 5.73 Å². The second-order valence-corrected chi connectivity index (χ2v) is 3.51. The molecule has 3 nitrogen and oxygen atoms in total. The number of nitrogens with two attached hydrogens (primary N) is 1. The smallest absolute Gasteiger partial charge is 0.320 e. The molecular formula is C11H14FNO2. The van der Waals surface area contributed by atoms with Gasteiger partial charge in [0.05, 0.1) is 0 Å². The van der Waals surface area contributed by atoms with Crippen LogP contribution in [0.15, 0.2) is 24.3 Å². The van der Waals surface area contributed by atoms with Crippen LogP contribution in [-0.2, 0) is 11.2 Å². The van der Waals surface area contributed by atoms with E-state index in [9.17, 15) is 9.18 Å². The molecule has 1 rings (SSSR count). The largest absolute Gasteiger partial charge is 0.480 e. The SMILES string of the molecule is CC(F)c1cccc(CC(N)C(=O)O)c1. The molecule has 0 bridgehead atoms. The third-order valence-corrected chi connectivity index (χ3v) is 2.18. The van der Waals surface area contributed by atoms with Crippen LogP contribution in [0.3, 0.4) is 0 Å². The standard InChI is InChI=1S/C11H14FNO2/c1-7(12)9-4-2-3-8(5-9)6-10(13)11(14)15/h2-5,7,10H,6,13H2,1H3,(H,14,15). The van der Waals surface area contributed by atoms with Gasteiger partial charge in [-0.15, -0.1) is 0 Å². The molecule has 0 radical (unpaired) electrons. The van der Waals surface area contributed by atoms with Crippen LogP contribution in [0.5, 0.6) is 0 Å². The Balaban J connectivity index is 2.78. The van der Waals surface area contributed by atoms with Crippen LogP contribution in [-0.4, -0.2) is 17.1 Å². The van der Waals surface area contributed by atoms with Gasteiger partial charge < -0.3 is 10.8 Å². The normalized spacial score (nSPS) is 14.6. The summed E-state index contributed by atoms with van der Waals surface area (Å²) in [6, 6.07) is 5.83. The van der Waals surface area contributed by atoms with Gasteiger partial charge in [-0.2, -0.15) is 0 Å². The summed E-state index contributed by atoms with van der Waals surface area (Å²) in [5, 5.41) is 8.62. The van der Waals surface area contributed by atoms with E-state index in [0.717, 1.165) is 5.56 Å². The molecule has 0 saturated carbocycles. The van der Waals surface area contributed by atoms with Crippen LogP contribution in [0.25, 0.3) is 0 Å². The quantitative estimate of drug-likeness (QED) is 0.796. The van der Waals surface area contributed by atoms with Crippen molar-refractivity contribution >= 4 is 5.97 Å². The van der Waals surface area contributed by atoms with E-state index in [4.69, 9.17) is 10.8 Å². The van der Waals surface area contributed by atoms with E-state index in [2.05, 4.69) is 0 Å². The Bertz CT molecular complexity index is 352. The zero-order chi connectivity index (χ0) is 11.4. The molecule has 82 valence electrons. The molecule has 0 heterocycles. The van der Waals surface area contributed by atoms with Gasteiger partial charge in [-0.1, -0.05) is 24.3 Å². The number of carboxylic acids is 1. The molecule has 0 aliphatic rings. The molecule has 0 amide bonds. The van der Waals surface area contributed by atoms with Crippen molar-refractivity contribution < 1.29 is 14.3 Å². The summed E-state index contributed by atoms with van der Waals surface area (Å²) in [6.07, 6.45) is -0.832. The number of alkyl halides is 1. The van der Waals surface area contributed by atoms with E-state index in [1.165, 1.54) is 6.92 Å². The summed E-state index contributed by atoms with van der Waals surface area (Å²) >= 11 is 0. The molecule has 0 saturated heterocycles. The van der Waals surface area contributed by atoms with E-state index in [-0.39, 0.29) is 6.42 Å². The maximum absolute atomic E-state index is 13.0. The summed E-state index contributed by atoms with van der Waals surface area (Å²) < 4.78 is 13.0. The number of hydrogen-bond donors (Lipinski definition) is 2. The minimum Gasteiger partial charge on any atom is -0.480 e. The van der Waals surface area contributed by atoms with Crippen molar-refractivity contribution in [2.24, 2.45) is 5.73 Å². The number of halogens is 1. The molecule has 2 unspecified atom stereocenters. The van der Waals surface area contributed by atoms with Gasteiger partial charge in [-0.25, -0.2) is 4.39 Å². The van der Waals surface area contributed by atoms with E-state index in [1.807, 2.05) is 0 Å². The van der Waals surface area contributed by atoms with Gasteiger partial charge in [-0.05, 0) is 24.5 Å². The van der Waals surface area contributed by atoms with Gasteiger partial charge in [0.25, 0.3) is 0 Å². The second kappa shape index (κ2) is 4.89. The van der Waals surface area contributed by atoms with Gasteiger partial charge >= 0.3 is 5.97 Å². The number of benzene rings is 1. The van der Waals surface area contributed by atoms with Crippen molar-refractivity contribution in [1.82, 2.24) is 0 Å². The molecule has 0 fully saturated rings. The Labute approximate surface area is 87.7 Å². The fourth-order valence-electron chi connectivity index (χ4n) is 1.31. The van der Waals surface area contributed by atoms with Crippen LogP contribution in [0.4, 0.5) is 4.39 Å². The van der Waals surface area contributed by atoms with Gasteiger partial charge in [0.2, 0.25) is 0 Å². The molecule has 4 heteroatoms. The summed E-state index contributed by atoms with van der Waals surface area (Å²) in [7, 11) is 0. The number of carbonyl (C=O) groups is 1. The summed E-state index contributed by atoms with van der Waals surface area (Å²) in [6.45, 7) is 1.44. The van der Waals surface area contributed by atoms with Crippen molar-refractivity contribution in [3.05, 3.63) is 35.4 Å². The summed E-state index contributed by atoms with van der Waals surface area (Å²) in [5.41, 5.74) is 6.67. The average molecular weight is 211 g/mol. The molecule has 2 atom stereocenters. The first-order chi connectivity index (χ1) is 7.00. The number of hydrogen-bond acceptors (Lipinski definition) is 2. The number of rotatable bonds is 4. The third kappa shape index (κ3) is 3.32. The topological polar surface area (TPSA) is 63.3 Å². The number of aliphatic carboxylic acids is 1. The van der Waals surface area contributed by atoms with Gasteiger partial charge in [0.15, 0.2) is 0 Å². The van der Waals surface area contributed by atoms with Crippen molar-refractivity contribution in [3.8, 4) is 0 Å². The van der Waals surface area contributed by atoms with Crippen LogP contribution >= 0.6 is 0 Å². The molecule has 1 aromatic carbocycles. The fraction of sp³-hybridized carbons (Fsp3) is 0.364. The molecule has 15 heavy (non-hydrogen) atoms.